The van der Waals surface area contributed by atoms with Gasteiger partial charge in [-0.05, 0) is 75.0 Å². The average molecular weight is 343 g/mol. The largest absolute Gasteiger partial charge is 0.0654 e. The van der Waals surface area contributed by atoms with Crippen molar-refractivity contribution in [3.63, 3.8) is 0 Å². The summed E-state index contributed by atoms with van der Waals surface area (Å²) in [5.41, 5.74) is 2.90. The highest BCUT2D eigenvalue weighted by Crippen LogP contribution is 2.38. The molecule has 0 saturated carbocycles. The molecule has 0 fully saturated rings. The van der Waals surface area contributed by atoms with Gasteiger partial charge in [0.25, 0.3) is 0 Å². The molecule has 0 amide bonds. The predicted octanol–water partition coefficient (Wildman–Crippen LogP) is 7.90. The van der Waals surface area contributed by atoms with E-state index < -0.39 is 0 Å². The predicted molar refractivity (Wildman–Crippen MR) is 116 cm³/mol. The third kappa shape index (κ3) is 2.96. The van der Waals surface area contributed by atoms with Gasteiger partial charge < -0.3 is 0 Å². The Morgan fingerprint density at radius 1 is 0.808 bits per heavy atom. The molecule has 0 aliphatic heterocycles. The maximum Gasteiger partial charge on any atom is -0.00239 e. The quantitative estimate of drug-likeness (QED) is 0.312. The zero-order chi connectivity index (χ0) is 18.3. The third-order valence-corrected chi connectivity index (χ3v) is 6.10. The van der Waals surface area contributed by atoms with Gasteiger partial charge in [-0.2, -0.15) is 0 Å². The van der Waals surface area contributed by atoms with Crippen LogP contribution in [0.2, 0.25) is 0 Å². The minimum atomic E-state index is 0.726. The van der Waals surface area contributed by atoms with Gasteiger partial charge in [-0.15, -0.1) is 0 Å². The first kappa shape index (κ1) is 17.3. The van der Waals surface area contributed by atoms with E-state index in [-0.39, 0.29) is 0 Å². The van der Waals surface area contributed by atoms with Crippen molar-refractivity contribution in [2.75, 3.05) is 0 Å². The summed E-state index contributed by atoms with van der Waals surface area (Å²) in [4.78, 5) is 0. The Morgan fingerprint density at radius 2 is 1.58 bits per heavy atom. The number of hydrogen-bond acceptors (Lipinski definition) is 0. The molecule has 0 aliphatic rings. The molecule has 134 valence electrons. The van der Waals surface area contributed by atoms with Gasteiger partial charge in [0.1, 0.15) is 0 Å². The van der Waals surface area contributed by atoms with Crippen LogP contribution >= 0.6 is 0 Å². The molecule has 0 bridgehead atoms. The van der Waals surface area contributed by atoms with Crippen molar-refractivity contribution in [3.05, 3.63) is 59.7 Å². The van der Waals surface area contributed by atoms with Crippen LogP contribution in [0.15, 0.2) is 48.5 Å². The topological polar surface area (TPSA) is 0 Å². The van der Waals surface area contributed by atoms with Crippen molar-refractivity contribution in [1.29, 1.82) is 0 Å². The lowest BCUT2D eigenvalue weighted by Crippen LogP contribution is -2.06. The Kier molecular flexibility index (Phi) is 4.61. The summed E-state index contributed by atoms with van der Waals surface area (Å²) in [5.74, 6) is 1.55. The fourth-order valence-electron chi connectivity index (χ4n) is 4.97. The molecule has 0 radical (unpaired) electrons. The number of hydrogen-bond donors (Lipinski definition) is 0. The lowest BCUT2D eigenvalue weighted by atomic mass is 9.85. The van der Waals surface area contributed by atoms with E-state index in [1.165, 1.54) is 69.1 Å². The SMILES string of the molecule is CCCC(C)CC(C)Cc1cc2ccc(C)c3ccc4cccc1c4c23. The highest BCUT2D eigenvalue weighted by molar-refractivity contribution is 6.24. The molecule has 4 rings (SSSR count). The molecule has 0 aromatic heterocycles. The van der Waals surface area contributed by atoms with E-state index in [0.29, 0.717) is 0 Å². The Bertz CT molecular complexity index is 1040. The zero-order valence-corrected chi connectivity index (χ0v) is 16.6. The van der Waals surface area contributed by atoms with Gasteiger partial charge in [0.2, 0.25) is 0 Å². The molecular weight excluding hydrogens is 312 g/mol. The van der Waals surface area contributed by atoms with Crippen LogP contribution in [0.3, 0.4) is 0 Å². The maximum absolute atomic E-state index is 2.46. The van der Waals surface area contributed by atoms with Gasteiger partial charge >= 0.3 is 0 Å². The van der Waals surface area contributed by atoms with Gasteiger partial charge in [-0.25, -0.2) is 0 Å². The number of benzene rings is 4. The smallest absolute Gasteiger partial charge is 0.00239 e. The van der Waals surface area contributed by atoms with E-state index in [1.54, 1.807) is 0 Å². The van der Waals surface area contributed by atoms with Crippen molar-refractivity contribution in [2.24, 2.45) is 11.8 Å². The fourth-order valence-corrected chi connectivity index (χ4v) is 4.97. The Labute approximate surface area is 157 Å². The summed E-state index contributed by atoms with van der Waals surface area (Å²) in [6.45, 7) is 9.36. The summed E-state index contributed by atoms with van der Waals surface area (Å²) in [7, 11) is 0. The molecule has 0 heteroatoms. The first-order valence-electron chi connectivity index (χ1n) is 10.2. The van der Waals surface area contributed by atoms with Crippen LogP contribution in [0.5, 0.6) is 0 Å². The summed E-state index contributed by atoms with van der Waals surface area (Å²) in [5, 5.41) is 8.56. The standard InChI is InChI=1S/C26H30/c1-5-7-17(2)14-18(3)15-22-16-21-11-10-19(4)23-13-12-20-8-6-9-24(22)25(20)26(21)23/h6,8-13,16-18H,5,7,14-15H2,1-4H3. The van der Waals surface area contributed by atoms with Gasteiger partial charge in [-0.3, -0.25) is 0 Å². The molecule has 26 heavy (non-hydrogen) atoms. The van der Waals surface area contributed by atoms with Gasteiger partial charge in [0.05, 0.1) is 0 Å². The number of aryl methyl sites for hydroxylation is 1. The number of rotatable bonds is 6. The second-order valence-corrected chi connectivity index (χ2v) is 8.47. The van der Waals surface area contributed by atoms with Crippen molar-refractivity contribution >= 4 is 32.3 Å². The van der Waals surface area contributed by atoms with Crippen LogP contribution < -0.4 is 0 Å². The minimum absolute atomic E-state index is 0.726. The van der Waals surface area contributed by atoms with Gasteiger partial charge in [0, 0.05) is 0 Å². The second kappa shape index (κ2) is 6.91. The van der Waals surface area contributed by atoms with E-state index in [1.807, 2.05) is 0 Å². The van der Waals surface area contributed by atoms with E-state index in [0.717, 1.165) is 11.8 Å². The zero-order valence-electron chi connectivity index (χ0n) is 16.6. The van der Waals surface area contributed by atoms with Crippen LogP contribution in [0, 0.1) is 18.8 Å². The van der Waals surface area contributed by atoms with Crippen molar-refractivity contribution in [2.45, 2.75) is 53.4 Å². The van der Waals surface area contributed by atoms with Crippen LogP contribution in [-0.2, 0) is 6.42 Å². The molecule has 0 spiro atoms. The van der Waals surface area contributed by atoms with Crippen LogP contribution in [0.25, 0.3) is 32.3 Å². The Balaban J connectivity index is 1.84. The van der Waals surface area contributed by atoms with E-state index in [2.05, 4.69) is 76.2 Å². The van der Waals surface area contributed by atoms with Crippen molar-refractivity contribution < 1.29 is 0 Å². The Hall–Kier alpha value is -2.08. The summed E-state index contributed by atoms with van der Waals surface area (Å²) in [6.07, 6.45) is 5.15. The van der Waals surface area contributed by atoms with Crippen LogP contribution in [0.1, 0.15) is 51.2 Å². The van der Waals surface area contributed by atoms with E-state index >= 15 is 0 Å². The molecule has 4 aromatic carbocycles. The molecule has 0 heterocycles. The van der Waals surface area contributed by atoms with Gasteiger partial charge in [-0.1, -0.05) is 82.1 Å². The maximum atomic E-state index is 2.46. The first-order chi connectivity index (χ1) is 12.6. The molecule has 4 aromatic rings. The summed E-state index contributed by atoms with van der Waals surface area (Å²) < 4.78 is 0. The average Bonchev–Trinajstić information content (AvgIpc) is 2.62. The second-order valence-electron chi connectivity index (χ2n) is 8.47. The molecule has 2 atom stereocenters. The molecule has 2 unspecified atom stereocenters. The molecule has 0 nitrogen and oxygen atoms in total. The van der Waals surface area contributed by atoms with E-state index in [4.69, 9.17) is 0 Å². The molecule has 0 N–H and O–H groups in total. The summed E-state index contributed by atoms with van der Waals surface area (Å²) >= 11 is 0. The lowest BCUT2D eigenvalue weighted by Gasteiger charge is -2.20. The lowest BCUT2D eigenvalue weighted by molar-refractivity contribution is 0.391. The van der Waals surface area contributed by atoms with Crippen LogP contribution in [-0.4, -0.2) is 0 Å². The monoisotopic (exact) mass is 342 g/mol. The highest BCUT2D eigenvalue weighted by Gasteiger charge is 2.15. The highest BCUT2D eigenvalue weighted by atomic mass is 14.2. The van der Waals surface area contributed by atoms with Crippen molar-refractivity contribution in [1.82, 2.24) is 0 Å². The third-order valence-electron chi connectivity index (χ3n) is 6.10. The Morgan fingerprint density at radius 3 is 2.38 bits per heavy atom. The normalized spacial score (nSPS) is 14.5. The van der Waals surface area contributed by atoms with Gasteiger partial charge in [0.15, 0.2) is 0 Å². The molecular formula is C26H30. The van der Waals surface area contributed by atoms with E-state index in [9.17, 15) is 0 Å². The van der Waals surface area contributed by atoms with Crippen LogP contribution in [0.4, 0.5) is 0 Å². The first-order valence-corrected chi connectivity index (χ1v) is 10.2. The summed E-state index contributed by atoms with van der Waals surface area (Å²) in [6, 6.07) is 18.5. The molecule has 0 aliphatic carbocycles. The van der Waals surface area contributed by atoms with Crippen molar-refractivity contribution in [3.8, 4) is 0 Å². The molecule has 0 saturated heterocycles. The fraction of sp³-hybridized carbons (Fsp3) is 0.385. The minimum Gasteiger partial charge on any atom is -0.0654 e.